The topological polar surface area (TPSA) is 92.9 Å². The highest BCUT2D eigenvalue weighted by Crippen LogP contribution is 2.16. The fourth-order valence-electron chi connectivity index (χ4n) is 3.04. The summed E-state index contributed by atoms with van der Waals surface area (Å²) in [5, 5.41) is 12.5. The van der Waals surface area contributed by atoms with E-state index < -0.39 is 6.04 Å². The Kier molecular flexibility index (Phi) is 5.07. The summed E-state index contributed by atoms with van der Waals surface area (Å²) >= 11 is 0. The van der Waals surface area contributed by atoms with Crippen LogP contribution in [-0.2, 0) is 6.54 Å². The maximum atomic E-state index is 12.6. The van der Waals surface area contributed by atoms with E-state index in [4.69, 9.17) is 0 Å². The number of aromatic nitrogens is 4. The zero-order valence-electron chi connectivity index (χ0n) is 15.1. The molecular formula is C21H19N5O2. The number of carbonyl (C=O) groups is 1. The fraction of sp³-hybridized carbons (Fsp3) is 0.143. The maximum absolute atomic E-state index is 12.6. The van der Waals surface area contributed by atoms with Gasteiger partial charge in [-0.05, 0) is 23.3 Å². The Morgan fingerprint density at radius 2 is 1.96 bits per heavy atom. The number of aliphatic hydroxyl groups excluding tert-OH is 1. The Balaban J connectivity index is 1.54. The molecule has 0 bridgehead atoms. The molecule has 0 saturated heterocycles. The minimum Gasteiger partial charge on any atom is -0.394 e. The molecule has 0 fully saturated rings. The summed E-state index contributed by atoms with van der Waals surface area (Å²) in [4.78, 5) is 25.5. The van der Waals surface area contributed by atoms with Gasteiger partial charge in [0.15, 0.2) is 5.65 Å². The number of hydrogen-bond acceptors (Lipinski definition) is 5. The molecule has 0 radical (unpaired) electrons. The first kappa shape index (κ1) is 17.8. The molecule has 28 heavy (non-hydrogen) atoms. The maximum Gasteiger partial charge on any atom is 0.253 e. The van der Waals surface area contributed by atoms with E-state index in [2.05, 4.69) is 20.3 Å². The van der Waals surface area contributed by atoms with Crippen LogP contribution in [-0.4, -0.2) is 37.1 Å². The molecule has 2 N–H and O–H groups in total. The Labute approximate surface area is 161 Å². The highest BCUT2D eigenvalue weighted by atomic mass is 16.3. The molecule has 1 unspecified atom stereocenters. The number of pyridine rings is 2. The van der Waals surface area contributed by atoms with Crippen molar-refractivity contribution < 1.29 is 9.90 Å². The van der Waals surface area contributed by atoms with Crippen molar-refractivity contribution in [3.8, 4) is 0 Å². The lowest BCUT2D eigenvalue weighted by molar-refractivity contribution is 0.0916. The predicted molar refractivity (Wildman–Crippen MR) is 105 cm³/mol. The van der Waals surface area contributed by atoms with E-state index in [0.29, 0.717) is 23.3 Å². The molecule has 0 spiro atoms. The number of nitrogens with zero attached hydrogens (tertiary/aromatic N) is 4. The average Bonchev–Trinajstić information content (AvgIpc) is 3.15. The highest BCUT2D eigenvalue weighted by Gasteiger charge is 2.16. The Hall–Kier alpha value is -3.58. The van der Waals surface area contributed by atoms with Crippen LogP contribution in [0.1, 0.15) is 27.5 Å². The number of rotatable bonds is 6. The lowest BCUT2D eigenvalue weighted by atomic mass is 10.1. The van der Waals surface area contributed by atoms with Gasteiger partial charge in [-0.15, -0.1) is 0 Å². The first-order valence-electron chi connectivity index (χ1n) is 8.91. The van der Waals surface area contributed by atoms with Gasteiger partial charge in [-0.2, -0.15) is 0 Å². The second-order valence-corrected chi connectivity index (χ2v) is 6.42. The van der Waals surface area contributed by atoms with Crippen LogP contribution in [0.25, 0.3) is 11.2 Å². The highest BCUT2D eigenvalue weighted by molar-refractivity contribution is 5.96. The first-order chi connectivity index (χ1) is 13.7. The molecule has 0 aliphatic rings. The van der Waals surface area contributed by atoms with E-state index in [1.165, 1.54) is 6.20 Å². The molecule has 0 aliphatic heterocycles. The van der Waals surface area contributed by atoms with Gasteiger partial charge in [-0.3, -0.25) is 9.78 Å². The number of aliphatic hydroxyl groups is 1. The quantitative estimate of drug-likeness (QED) is 0.541. The van der Waals surface area contributed by atoms with Crippen LogP contribution in [0.15, 0.2) is 73.4 Å². The molecule has 3 aromatic heterocycles. The van der Waals surface area contributed by atoms with Crippen molar-refractivity contribution in [2.75, 3.05) is 6.61 Å². The number of amides is 1. The molecule has 4 aromatic rings. The Morgan fingerprint density at radius 1 is 1.11 bits per heavy atom. The number of carbonyl (C=O) groups excluding carboxylic acids is 1. The smallest absolute Gasteiger partial charge is 0.253 e. The molecule has 140 valence electrons. The van der Waals surface area contributed by atoms with Crippen molar-refractivity contribution in [3.63, 3.8) is 0 Å². The largest absolute Gasteiger partial charge is 0.394 e. The molecule has 1 atom stereocenters. The van der Waals surface area contributed by atoms with Gasteiger partial charge in [0.25, 0.3) is 5.91 Å². The number of benzene rings is 1. The molecule has 7 heteroatoms. The summed E-state index contributed by atoms with van der Waals surface area (Å²) < 4.78 is 1.91. The Bertz CT molecular complexity index is 1080. The minimum atomic E-state index is -0.479. The first-order valence-corrected chi connectivity index (χ1v) is 8.91. The molecule has 1 aromatic carbocycles. The van der Waals surface area contributed by atoms with Crippen molar-refractivity contribution in [1.29, 1.82) is 0 Å². The fourth-order valence-corrected chi connectivity index (χ4v) is 3.04. The van der Waals surface area contributed by atoms with E-state index in [1.54, 1.807) is 24.8 Å². The lowest BCUT2D eigenvalue weighted by Gasteiger charge is -2.16. The average molecular weight is 373 g/mol. The summed E-state index contributed by atoms with van der Waals surface area (Å²) in [6.45, 7) is 0.411. The Morgan fingerprint density at radius 3 is 2.71 bits per heavy atom. The van der Waals surface area contributed by atoms with Crippen molar-refractivity contribution >= 4 is 17.1 Å². The summed E-state index contributed by atoms with van der Waals surface area (Å²) in [5.74, 6) is -0.306. The van der Waals surface area contributed by atoms with Gasteiger partial charge in [0.05, 0.1) is 31.1 Å². The van der Waals surface area contributed by atoms with Gasteiger partial charge in [0, 0.05) is 18.6 Å². The van der Waals surface area contributed by atoms with Crippen LogP contribution in [0.2, 0.25) is 0 Å². The molecule has 4 rings (SSSR count). The SMILES string of the molecule is O=C(NC(CO)c1ccccc1)c1cnc2c(c1)ncn2Cc1cccnc1. The summed E-state index contributed by atoms with van der Waals surface area (Å²) in [7, 11) is 0. The van der Waals surface area contributed by atoms with Gasteiger partial charge in [0.1, 0.15) is 5.52 Å². The van der Waals surface area contributed by atoms with Crippen molar-refractivity contribution in [2.24, 2.45) is 0 Å². The normalized spacial score (nSPS) is 12.0. The monoisotopic (exact) mass is 373 g/mol. The van der Waals surface area contributed by atoms with Gasteiger partial charge >= 0.3 is 0 Å². The van der Waals surface area contributed by atoms with Crippen LogP contribution in [0.5, 0.6) is 0 Å². The van der Waals surface area contributed by atoms with E-state index in [-0.39, 0.29) is 12.5 Å². The zero-order chi connectivity index (χ0) is 19.3. The standard InChI is InChI=1S/C21H19N5O2/c27-13-19(16-6-2-1-3-7-16)25-21(28)17-9-18-20(23-11-17)26(14-24-18)12-15-5-4-8-22-10-15/h1-11,14,19,27H,12-13H2,(H,25,28). The van der Waals surface area contributed by atoms with Crippen LogP contribution in [0.4, 0.5) is 0 Å². The molecule has 1 amide bonds. The minimum absolute atomic E-state index is 0.189. The predicted octanol–water partition coefficient (Wildman–Crippen LogP) is 2.34. The molecule has 0 saturated carbocycles. The number of nitrogens with one attached hydrogen (secondary N) is 1. The third kappa shape index (κ3) is 3.74. The molecule has 3 heterocycles. The summed E-state index contributed by atoms with van der Waals surface area (Å²) in [6.07, 6.45) is 6.76. The zero-order valence-corrected chi connectivity index (χ0v) is 15.1. The third-order valence-corrected chi connectivity index (χ3v) is 4.48. The van der Waals surface area contributed by atoms with E-state index in [0.717, 1.165) is 11.1 Å². The number of hydrogen-bond donors (Lipinski definition) is 2. The molecular weight excluding hydrogens is 354 g/mol. The summed E-state index contributed by atoms with van der Waals surface area (Å²) in [5.41, 5.74) is 3.61. The van der Waals surface area contributed by atoms with Crippen LogP contribution >= 0.6 is 0 Å². The second-order valence-electron chi connectivity index (χ2n) is 6.42. The van der Waals surface area contributed by atoms with E-state index >= 15 is 0 Å². The van der Waals surface area contributed by atoms with Gasteiger partial charge in [-0.25, -0.2) is 9.97 Å². The lowest BCUT2D eigenvalue weighted by Crippen LogP contribution is -2.30. The van der Waals surface area contributed by atoms with Crippen molar-refractivity contribution in [3.05, 3.63) is 90.1 Å². The summed E-state index contributed by atoms with van der Waals surface area (Å²) in [6, 6.07) is 14.4. The van der Waals surface area contributed by atoms with E-state index in [9.17, 15) is 9.90 Å². The second kappa shape index (κ2) is 7.98. The molecule has 0 aliphatic carbocycles. The van der Waals surface area contributed by atoms with Crippen molar-refractivity contribution in [1.82, 2.24) is 24.8 Å². The van der Waals surface area contributed by atoms with Crippen LogP contribution < -0.4 is 5.32 Å². The van der Waals surface area contributed by atoms with Crippen LogP contribution in [0.3, 0.4) is 0 Å². The molecule has 7 nitrogen and oxygen atoms in total. The number of imidazole rings is 1. The van der Waals surface area contributed by atoms with E-state index in [1.807, 2.05) is 47.0 Å². The van der Waals surface area contributed by atoms with Gasteiger partial charge in [0.2, 0.25) is 0 Å². The van der Waals surface area contributed by atoms with Crippen LogP contribution in [0, 0.1) is 0 Å². The van der Waals surface area contributed by atoms with Crippen molar-refractivity contribution in [2.45, 2.75) is 12.6 Å². The van der Waals surface area contributed by atoms with Gasteiger partial charge < -0.3 is 15.0 Å². The number of fused-ring (bicyclic) bond motifs is 1. The third-order valence-electron chi connectivity index (χ3n) is 4.48. The van der Waals surface area contributed by atoms with Gasteiger partial charge in [-0.1, -0.05) is 36.4 Å².